The summed E-state index contributed by atoms with van der Waals surface area (Å²) in [4.78, 5) is 27.4. The van der Waals surface area contributed by atoms with Crippen molar-refractivity contribution in [2.45, 2.75) is 19.4 Å². The largest absolute Gasteiger partial charge is 0.463 e. The van der Waals surface area contributed by atoms with Gasteiger partial charge in [0.25, 0.3) is 0 Å². The second-order valence-electron chi connectivity index (χ2n) is 7.90. The number of nitrogens with one attached hydrogen (secondary N) is 2. The van der Waals surface area contributed by atoms with E-state index >= 15 is 0 Å². The molecule has 0 unspecified atom stereocenters. The summed E-state index contributed by atoms with van der Waals surface area (Å²) in [6, 6.07) is 12.0. The molecule has 0 aromatic heterocycles. The van der Waals surface area contributed by atoms with Crippen LogP contribution in [-0.2, 0) is 9.53 Å². The Morgan fingerprint density at radius 3 is 2.61 bits per heavy atom. The smallest absolute Gasteiger partial charge is 0.338 e. The van der Waals surface area contributed by atoms with E-state index in [-0.39, 0.29) is 17.7 Å². The van der Waals surface area contributed by atoms with Crippen molar-refractivity contribution in [2.24, 2.45) is 0 Å². The highest BCUT2D eigenvalue weighted by Gasteiger charge is 2.34. The molecule has 0 spiro atoms. The highest BCUT2D eigenvalue weighted by atomic mass is 19.2. The van der Waals surface area contributed by atoms with Crippen LogP contribution in [0.3, 0.4) is 0 Å². The van der Waals surface area contributed by atoms with Crippen LogP contribution in [0.1, 0.15) is 30.5 Å². The predicted octanol–water partition coefficient (Wildman–Crippen LogP) is 3.93. The van der Waals surface area contributed by atoms with Gasteiger partial charge in [-0.1, -0.05) is 42.5 Å². The first-order valence-corrected chi connectivity index (χ1v) is 10.9. The van der Waals surface area contributed by atoms with Gasteiger partial charge in [0.1, 0.15) is 0 Å². The number of esters is 1. The summed E-state index contributed by atoms with van der Waals surface area (Å²) >= 11 is 0. The molecule has 2 aliphatic rings. The number of urea groups is 1. The number of rotatable bonds is 6. The van der Waals surface area contributed by atoms with Crippen molar-refractivity contribution in [3.05, 3.63) is 88.6 Å². The molecule has 1 atom stereocenters. The van der Waals surface area contributed by atoms with Gasteiger partial charge in [-0.3, -0.25) is 4.90 Å². The highest BCUT2D eigenvalue weighted by molar-refractivity contribution is 5.95. The zero-order valence-electron chi connectivity index (χ0n) is 18.2. The fourth-order valence-electron chi connectivity index (χ4n) is 4.13. The van der Waals surface area contributed by atoms with E-state index in [1.807, 2.05) is 18.2 Å². The number of carbonyl (C=O) groups is 2. The molecule has 172 valence electrons. The van der Waals surface area contributed by atoms with Crippen LogP contribution in [0.5, 0.6) is 0 Å². The van der Waals surface area contributed by atoms with E-state index in [0.717, 1.165) is 25.1 Å². The van der Waals surface area contributed by atoms with Crippen LogP contribution in [0.15, 0.2) is 65.9 Å². The maximum atomic E-state index is 13.9. The van der Waals surface area contributed by atoms with Gasteiger partial charge >= 0.3 is 12.0 Å². The molecule has 2 aromatic rings. The van der Waals surface area contributed by atoms with E-state index in [4.69, 9.17) is 4.74 Å². The lowest BCUT2D eigenvalue weighted by atomic mass is 9.94. The first-order chi connectivity index (χ1) is 16.0. The minimum Gasteiger partial charge on any atom is -0.463 e. The molecule has 0 bridgehead atoms. The summed E-state index contributed by atoms with van der Waals surface area (Å²) < 4.78 is 32.6. The SMILES string of the molecule is CCOC(=O)C1=C(CN2CC=C(c3ccccc3)CC2)NC(=O)N[C@@H]1c1ccc(F)c(F)c1. The summed E-state index contributed by atoms with van der Waals surface area (Å²) in [6.07, 6.45) is 2.96. The Morgan fingerprint density at radius 1 is 1.15 bits per heavy atom. The molecule has 0 fully saturated rings. The van der Waals surface area contributed by atoms with E-state index in [1.165, 1.54) is 17.2 Å². The van der Waals surface area contributed by atoms with Crippen molar-refractivity contribution >= 4 is 17.6 Å². The third-order valence-electron chi connectivity index (χ3n) is 5.75. The van der Waals surface area contributed by atoms with E-state index in [9.17, 15) is 18.4 Å². The topological polar surface area (TPSA) is 70.7 Å². The summed E-state index contributed by atoms with van der Waals surface area (Å²) in [6.45, 7) is 3.50. The lowest BCUT2D eigenvalue weighted by molar-refractivity contribution is -0.139. The number of benzene rings is 2. The fourth-order valence-corrected chi connectivity index (χ4v) is 4.13. The first kappa shape index (κ1) is 22.7. The van der Waals surface area contributed by atoms with E-state index in [1.54, 1.807) is 6.92 Å². The van der Waals surface area contributed by atoms with Crippen LogP contribution < -0.4 is 10.6 Å². The van der Waals surface area contributed by atoms with Crippen molar-refractivity contribution in [1.82, 2.24) is 15.5 Å². The molecule has 2 amide bonds. The van der Waals surface area contributed by atoms with Gasteiger partial charge in [0.15, 0.2) is 11.6 Å². The molecular weight excluding hydrogens is 428 g/mol. The monoisotopic (exact) mass is 453 g/mol. The normalized spacial score (nSPS) is 18.9. The number of hydrogen-bond donors (Lipinski definition) is 2. The predicted molar refractivity (Wildman–Crippen MR) is 120 cm³/mol. The molecule has 33 heavy (non-hydrogen) atoms. The Balaban J connectivity index is 1.62. The molecule has 0 aliphatic carbocycles. The molecule has 4 rings (SSSR count). The third kappa shape index (κ3) is 5.12. The Hall–Kier alpha value is -3.52. The number of amides is 2. The molecule has 2 heterocycles. The van der Waals surface area contributed by atoms with Crippen molar-refractivity contribution in [3.63, 3.8) is 0 Å². The standard InChI is InChI=1S/C25H25F2N3O3/c1-2-33-24(31)22-21(15-30-12-10-17(11-13-30)16-6-4-3-5-7-16)28-25(32)29-23(22)18-8-9-19(26)20(27)14-18/h3-10,14,23H,2,11-13,15H2,1H3,(H2,28,29,32)/t23-/m1/s1. The molecule has 0 radical (unpaired) electrons. The van der Waals surface area contributed by atoms with Crippen LogP contribution in [0, 0.1) is 11.6 Å². The van der Waals surface area contributed by atoms with E-state index in [2.05, 4.69) is 33.7 Å². The van der Waals surface area contributed by atoms with Gasteiger partial charge in [0.05, 0.1) is 18.2 Å². The van der Waals surface area contributed by atoms with Gasteiger partial charge in [0, 0.05) is 25.3 Å². The third-order valence-corrected chi connectivity index (χ3v) is 5.75. The summed E-state index contributed by atoms with van der Waals surface area (Å²) in [5.74, 6) is -2.68. The first-order valence-electron chi connectivity index (χ1n) is 10.9. The molecule has 2 N–H and O–H groups in total. The van der Waals surface area contributed by atoms with Crippen LogP contribution in [0.2, 0.25) is 0 Å². The zero-order valence-corrected chi connectivity index (χ0v) is 18.2. The Labute approximate surface area is 190 Å². The van der Waals surface area contributed by atoms with Crippen LogP contribution >= 0.6 is 0 Å². The van der Waals surface area contributed by atoms with Gasteiger partial charge < -0.3 is 15.4 Å². The molecule has 0 saturated heterocycles. The number of nitrogens with zero attached hydrogens (tertiary/aromatic N) is 1. The van der Waals surface area contributed by atoms with Crippen molar-refractivity contribution < 1.29 is 23.1 Å². The minimum atomic E-state index is -1.06. The van der Waals surface area contributed by atoms with Crippen molar-refractivity contribution in [3.8, 4) is 0 Å². The highest BCUT2D eigenvalue weighted by Crippen LogP contribution is 2.30. The minimum absolute atomic E-state index is 0.140. The Kier molecular flexibility index (Phi) is 6.84. The summed E-state index contributed by atoms with van der Waals surface area (Å²) in [7, 11) is 0. The second-order valence-corrected chi connectivity index (χ2v) is 7.90. The van der Waals surface area contributed by atoms with Gasteiger partial charge in [-0.15, -0.1) is 0 Å². The number of ether oxygens (including phenoxy) is 1. The molecule has 8 heteroatoms. The number of hydrogen-bond acceptors (Lipinski definition) is 4. The quantitative estimate of drug-likeness (QED) is 0.651. The Morgan fingerprint density at radius 2 is 1.94 bits per heavy atom. The summed E-state index contributed by atoms with van der Waals surface area (Å²) in [5, 5.41) is 5.36. The second kappa shape index (κ2) is 9.95. The molecular formula is C25H25F2N3O3. The van der Waals surface area contributed by atoms with Crippen LogP contribution in [0.4, 0.5) is 13.6 Å². The maximum Gasteiger partial charge on any atom is 0.338 e. The van der Waals surface area contributed by atoms with Crippen LogP contribution in [-0.4, -0.2) is 43.1 Å². The van der Waals surface area contributed by atoms with E-state index in [0.29, 0.717) is 18.8 Å². The number of halogens is 2. The molecule has 0 saturated carbocycles. The summed E-state index contributed by atoms with van der Waals surface area (Å²) in [5.41, 5.74) is 3.26. The van der Waals surface area contributed by atoms with Gasteiger partial charge in [0.2, 0.25) is 0 Å². The van der Waals surface area contributed by atoms with Gasteiger partial charge in [-0.25, -0.2) is 18.4 Å². The van der Waals surface area contributed by atoms with Crippen molar-refractivity contribution in [2.75, 3.05) is 26.2 Å². The molecule has 6 nitrogen and oxygen atoms in total. The van der Waals surface area contributed by atoms with Crippen LogP contribution in [0.25, 0.3) is 5.57 Å². The van der Waals surface area contributed by atoms with Gasteiger partial charge in [-0.05, 0) is 42.2 Å². The zero-order chi connectivity index (χ0) is 23.4. The average molecular weight is 453 g/mol. The molecule has 2 aliphatic heterocycles. The van der Waals surface area contributed by atoms with E-state index < -0.39 is 29.7 Å². The average Bonchev–Trinajstić information content (AvgIpc) is 2.81. The number of carbonyl (C=O) groups excluding carboxylic acids is 2. The lowest BCUT2D eigenvalue weighted by Crippen LogP contribution is -2.48. The van der Waals surface area contributed by atoms with Gasteiger partial charge in [-0.2, -0.15) is 0 Å². The maximum absolute atomic E-state index is 13.9. The molecule has 2 aromatic carbocycles. The lowest BCUT2D eigenvalue weighted by Gasteiger charge is -2.33. The van der Waals surface area contributed by atoms with Crippen molar-refractivity contribution in [1.29, 1.82) is 0 Å². The Bertz CT molecular complexity index is 1120. The fraction of sp³-hybridized carbons (Fsp3) is 0.280.